The third-order valence-electron chi connectivity index (χ3n) is 2.01. The van der Waals surface area contributed by atoms with Crippen LogP contribution in [-0.4, -0.2) is 25.1 Å². The fraction of sp³-hybridized carbons (Fsp3) is 0.583. The lowest BCUT2D eigenvalue weighted by Gasteiger charge is -2.23. The van der Waals surface area contributed by atoms with Gasteiger partial charge < -0.3 is 10.6 Å². The summed E-state index contributed by atoms with van der Waals surface area (Å²) in [6, 6.07) is 4.34. The highest BCUT2D eigenvalue weighted by atomic mass is 127. The first-order chi connectivity index (χ1) is 7.90. The predicted octanol–water partition coefficient (Wildman–Crippen LogP) is 2.86. The van der Waals surface area contributed by atoms with Gasteiger partial charge in [-0.2, -0.15) is 0 Å². The Morgan fingerprint density at radius 2 is 2.12 bits per heavy atom. The second-order valence-corrected chi connectivity index (χ2v) is 7.89. The molecule has 1 aromatic heterocycles. The van der Waals surface area contributed by atoms with Crippen LogP contribution in [0.15, 0.2) is 17.1 Å². The van der Waals surface area contributed by atoms with E-state index in [2.05, 4.69) is 71.1 Å². The van der Waals surface area contributed by atoms with Gasteiger partial charge in [-0.3, -0.25) is 4.99 Å². The van der Waals surface area contributed by atoms with Crippen molar-refractivity contribution >= 4 is 39.9 Å². The first kappa shape index (κ1) is 14.8. The van der Waals surface area contributed by atoms with Crippen molar-refractivity contribution in [3.05, 3.63) is 19.9 Å². The summed E-state index contributed by atoms with van der Waals surface area (Å²) in [7, 11) is 1.80. The Hall–Kier alpha value is -0.300. The number of halogens is 1. The van der Waals surface area contributed by atoms with E-state index in [9.17, 15) is 0 Å². The molecule has 0 aliphatic carbocycles. The molecule has 0 saturated heterocycles. The Labute approximate surface area is 121 Å². The molecule has 0 bridgehead atoms. The van der Waals surface area contributed by atoms with E-state index >= 15 is 0 Å². The number of nitrogens with zero attached hydrogens (tertiary/aromatic N) is 1. The average Bonchev–Trinajstić information content (AvgIpc) is 2.61. The molecule has 1 rings (SSSR count). The van der Waals surface area contributed by atoms with Crippen LogP contribution in [0.25, 0.3) is 0 Å². The largest absolute Gasteiger partial charge is 0.356 e. The summed E-state index contributed by atoms with van der Waals surface area (Å²) < 4.78 is 1.34. The minimum Gasteiger partial charge on any atom is -0.356 e. The third kappa shape index (κ3) is 6.26. The Morgan fingerprint density at radius 3 is 2.59 bits per heavy atom. The van der Waals surface area contributed by atoms with Crippen molar-refractivity contribution in [3.8, 4) is 0 Å². The number of aliphatic imine (C=N–C) groups is 1. The molecule has 0 aromatic carbocycles. The van der Waals surface area contributed by atoms with Crippen LogP contribution >= 0.6 is 33.9 Å². The minimum atomic E-state index is 0.0418. The lowest BCUT2D eigenvalue weighted by Crippen LogP contribution is -2.47. The van der Waals surface area contributed by atoms with Gasteiger partial charge in [-0.05, 0) is 61.9 Å². The molecule has 5 heteroatoms. The van der Waals surface area contributed by atoms with Crippen molar-refractivity contribution in [1.82, 2.24) is 10.6 Å². The predicted molar refractivity (Wildman–Crippen MR) is 85.0 cm³/mol. The lowest BCUT2D eigenvalue weighted by atomic mass is 10.1. The molecule has 0 unspecified atom stereocenters. The van der Waals surface area contributed by atoms with Crippen molar-refractivity contribution in [1.29, 1.82) is 0 Å². The number of nitrogens with one attached hydrogen (secondary N) is 2. The summed E-state index contributed by atoms with van der Waals surface area (Å²) in [5, 5.41) is 6.66. The molecule has 0 atom stereocenters. The maximum atomic E-state index is 4.21. The zero-order valence-electron chi connectivity index (χ0n) is 10.8. The molecule has 0 fully saturated rings. The van der Waals surface area contributed by atoms with Crippen LogP contribution in [0.4, 0.5) is 0 Å². The second kappa shape index (κ2) is 6.58. The molecule has 3 nitrogen and oxygen atoms in total. The Bertz CT molecular complexity index is 379. The van der Waals surface area contributed by atoms with Crippen molar-refractivity contribution in [2.45, 2.75) is 32.7 Å². The van der Waals surface area contributed by atoms with E-state index in [0.717, 1.165) is 18.9 Å². The van der Waals surface area contributed by atoms with E-state index in [1.807, 2.05) is 11.3 Å². The first-order valence-corrected chi connectivity index (χ1v) is 7.53. The summed E-state index contributed by atoms with van der Waals surface area (Å²) >= 11 is 4.20. The van der Waals surface area contributed by atoms with Gasteiger partial charge in [0, 0.05) is 24.0 Å². The summed E-state index contributed by atoms with van der Waals surface area (Å²) in [5.74, 6) is 0.865. The van der Waals surface area contributed by atoms with Gasteiger partial charge in [0.2, 0.25) is 0 Å². The van der Waals surface area contributed by atoms with Crippen molar-refractivity contribution in [3.63, 3.8) is 0 Å². The number of guanidine groups is 1. The van der Waals surface area contributed by atoms with Gasteiger partial charge in [-0.1, -0.05) is 0 Å². The van der Waals surface area contributed by atoms with Gasteiger partial charge in [0.25, 0.3) is 0 Å². The summed E-state index contributed by atoms with van der Waals surface area (Å²) in [5.41, 5.74) is 0.0418. The van der Waals surface area contributed by atoms with E-state index in [1.165, 1.54) is 7.76 Å². The van der Waals surface area contributed by atoms with Gasteiger partial charge in [0.1, 0.15) is 0 Å². The van der Waals surface area contributed by atoms with E-state index < -0.39 is 0 Å². The fourth-order valence-corrected chi connectivity index (χ4v) is 3.08. The molecule has 0 saturated carbocycles. The van der Waals surface area contributed by atoms with Crippen LogP contribution in [-0.2, 0) is 6.42 Å². The van der Waals surface area contributed by atoms with Crippen LogP contribution in [0, 0.1) is 2.88 Å². The number of rotatable bonds is 3. The normalized spacial score (nSPS) is 12.6. The van der Waals surface area contributed by atoms with Crippen LogP contribution in [0.5, 0.6) is 0 Å². The highest BCUT2D eigenvalue weighted by Gasteiger charge is 2.11. The van der Waals surface area contributed by atoms with Crippen LogP contribution in [0.1, 0.15) is 25.6 Å². The van der Waals surface area contributed by atoms with E-state index in [-0.39, 0.29) is 5.54 Å². The highest BCUT2D eigenvalue weighted by Crippen LogP contribution is 2.18. The standard InChI is InChI=1S/C12H20IN3S/c1-12(2,3)16-11(14-4)15-8-7-9-5-6-10(13)17-9/h5-6H,7-8H2,1-4H3,(H2,14,15,16). The molecule has 0 radical (unpaired) electrons. The molecule has 17 heavy (non-hydrogen) atoms. The Kier molecular flexibility index (Phi) is 5.72. The number of thiophene rings is 1. The summed E-state index contributed by atoms with van der Waals surface area (Å²) in [4.78, 5) is 5.62. The molecule has 2 N–H and O–H groups in total. The molecule has 1 aromatic rings. The topological polar surface area (TPSA) is 36.4 Å². The van der Waals surface area contributed by atoms with E-state index in [4.69, 9.17) is 0 Å². The quantitative estimate of drug-likeness (QED) is 0.491. The molecular formula is C12H20IN3S. The molecule has 0 amide bonds. The highest BCUT2D eigenvalue weighted by molar-refractivity contribution is 14.1. The molecule has 0 aliphatic heterocycles. The van der Waals surface area contributed by atoms with Crippen LogP contribution < -0.4 is 10.6 Å². The molecule has 0 spiro atoms. The number of hydrogen-bond donors (Lipinski definition) is 2. The molecule has 0 aliphatic rings. The summed E-state index contributed by atoms with van der Waals surface area (Å²) in [6.07, 6.45) is 1.04. The Morgan fingerprint density at radius 1 is 1.41 bits per heavy atom. The second-order valence-electron chi connectivity index (χ2n) is 4.83. The zero-order chi connectivity index (χ0) is 12.9. The first-order valence-electron chi connectivity index (χ1n) is 5.64. The monoisotopic (exact) mass is 365 g/mol. The van der Waals surface area contributed by atoms with Crippen molar-refractivity contribution in [2.24, 2.45) is 4.99 Å². The van der Waals surface area contributed by atoms with Crippen molar-refractivity contribution < 1.29 is 0 Å². The molecule has 96 valence electrons. The zero-order valence-corrected chi connectivity index (χ0v) is 13.8. The number of hydrogen-bond acceptors (Lipinski definition) is 2. The summed E-state index contributed by atoms with van der Waals surface area (Å²) in [6.45, 7) is 7.29. The van der Waals surface area contributed by atoms with Gasteiger partial charge >= 0.3 is 0 Å². The molecular weight excluding hydrogens is 345 g/mol. The smallest absolute Gasteiger partial charge is 0.191 e. The van der Waals surface area contributed by atoms with Crippen LogP contribution in [0.3, 0.4) is 0 Å². The maximum absolute atomic E-state index is 4.21. The van der Waals surface area contributed by atoms with E-state index in [1.54, 1.807) is 7.05 Å². The maximum Gasteiger partial charge on any atom is 0.191 e. The fourth-order valence-electron chi connectivity index (χ4n) is 1.32. The molecule has 1 heterocycles. The van der Waals surface area contributed by atoms with Gasteiger partial charge in [0.15, 0.2) is 5.96 Å². The Balaban J connectivity index is 2.34. The van der Waals surface area contributed by atoms with Gasteiger partial charge in [-0.25, -0.2) is 0 Å². The average molecular weight is 365 g/mol. The van der Waals surface area contributed by atoms with E-state index in [0.29, 0.717) is 0 Å². The van der Waals surface area contributed by atoms with Gasteiger partial charge in [0.05, 0.1) is 2.88 Å². The van der Waals surface area contributed by atoms with Gasteiger partial charge in [-0.15, -0.1) is 11.3 Å². The lowest BCUT2D eigenvalue weighted by molar-refractivity contribution is 0.502. The third-order valence-corrected chi connectivity index (χ3v) is 3.96. The van der Waals surface area contributed by atoms with Crippen LogP contribution in [0.2, 0.25) is 0 Å². The SMILES string of the molecule is CN=C(NCCc1ccc(I)s1)NC(C)(C)C. The van der Waals surface area contributed by atoms with Crippen molar-refractivity contribution in [2.75, 3.05) is 13.6 Å². The minimum absolute atomic E-state index is 0.0418.